The van der Waals surface area contributed by atoms with E-state index in [1.54, 1.807) is 13.8 Å². The molecule has 0 bridgehead atoms. The van der Waals surface area contributed by atoms with Crippen molar-refractivity contribution in [1.29, 1.82) is 0 Å². The summed E-state index contributed by atoms with van der Waals surface area (Å²) in [5, 5.41) is 31.5. The minimum absolute atomic E-state index is 0.137. The molecule has 0 aliphatic carbocycles. The number of aromatic hydroxyl groups is 3. The number of ether oxygens (including phenoxy) is 9. The molecule has 0 unspecified atom stereocenters. The van der Waals surface area contributed by atoms with Gasteiger partial charge in [-0.1, -0.05) is 20.8 Å². The second-order valence-corrected chi connectivity index (χ2v) is 13.1. The number of hydrogen-bond acceptors (Lipinski definition) is 18. The number of rotatable bonds is 11. The molecule has 0 saturated carbocycles. The molecule has 2 fully saturated rings. The van der Waals surface area contributed by atoms with Gasteiger partial charge in [0.2, 0.25) is 17.5 Å². The molecule has 54 heavy (non-hydrogen) atoms. The van der Waals surface area contributed by atoms with Crippen LogP contribution in [0.2, 0.25) is 0 Å². The summed E-state index contributed by atoms with van der Waals surface area (Å²) in [7, 11) is 1.07. The highest BCUT2D eigenvalue weighted by atomic mass is 16.8. The molecule has 2 heterocycles. The molecule has 2 saturated heterocycles. The lowest BCUT2D eigenvalue weighted by Crippen LogP contribution is -2.61. The molecular weight excluding hydrogens is 720 g/mol. The van der Waals surface area contributed by atoms with E-state index in [9.17, 15) is 44.1 Å². The van der Waals surface area contributed by atoms with Crippen LogP contribution in [0.15, 0.2) is 23.0 Å². The highest BCUT2D eigenvalue weighted by Crippen LogP contribution is 2.44. The Hall–Kier alpha value is -5.20. The first-order valence-corrected chi connectivity index (χ1v) is 16.9. The summed E-state index contributed by atoms with van der Waals surface area (Å²) >= 11 is 0. The molecule has 0 amide bonds. The number of carbonyl (C=O) groups is 5. The Balaban J connectivity index is 1.77. The van der Waals surface area contributed by atoms with Crippen LogP contribution in [0.25, 0.3) is 10.8 Å². The van der Waals surface area contributed by atoms with Gasteiger partial charge in [-0.25, -0.2) is 4.79 Å². The van der Waals surface area contributed by atoms with Gasteiger partial charge in [-0.3, -0.25) is 24.0 Å². The number of hydrogen-bond donors (Lipinski definition) is 3. The highest BCUT2D eigenvalue weighted by molar-refractivity contribution is 5.98. The average Bonchev–Trinajstić information content (AvgIpc) is 3.22. The van der Waals surface area contributed by atoms with Crippen LogP contribution in [0, 0.1) is 17.8 Å². The summed E-state index contributed by atoms with van der Waals surface area (Å²) < 4.78 is 51.3. The van der Waals surface area contributed by atoms with Crippen LogP contribution in [0.1, 0.15) is 58.8 Å². The van der Waals surface area contributed by atoms with Gasteiger partial charge in [-0.2, -0.15) is 0 Å². The Kier molecular flexibility index (Phi) is 13.3. The summed E-state index contributed by atoms with van der Waals surface area (Å²) in [6.45, 7) is 9.37. The van der Waals surface area contributed by atoms with Crippen LogP contribution < -0.4 is 10.2 Å². The Bertz CT molecular complexity index is 1820. The molecule has 18 nitrogen and oxygen atoms in total. The molecule has 0 aromatic heterocycles. The molecule has 0 spiro atoms. The summed E-state index contributed by atoms with van der Waals surface area (Å²) in [5.74, 6) is -8.58. The number of benzene rings is 1. The summed E-state index contributed by atoms with van der Waals surface area (Å²) in [5.41, 5.74) is -1.41. The molecule has 2 aromatic rings. The molecule has 10 atom stereocenters. The number of esters is 5. The van der Waals surface area contributed by atoms with E-state index in [1.165, 1.54) is 13.8 Å². The van der Waals surface area contributed by atoms with Gasteiger partial charge in [-0.05, 0) is 29.5 Å². The molecule has 296 valence electrons. The number of phenolic OH excluding ortho intramolecular Hbond substituents is 2. The van der Waals surface area contributed by atoms with Crippen LogP contribution in [0.3, 0.4) is 0 Å². The van der Waals surface area contributed by atoms with Gasteiger partial charge in [0, 0.05) is 39.5 Å². The number of methoxy groups -OCH3 is 1. The van der Waals surface area contributed by atoms with Gasteiger partial charge < -0.3 is 58.0 Å². The van der Waals surface area contributed by atoms with Gasteiger partial charge in [0.25, 0.3) is 0 Å². The van der Waals surface area contributed by atoms with E-state index in [4.69, 9.17) is 42.6 Å². The van der Waals surface area contributed by atoms with Crippen molar-refractivity contribution in [2.45, 2.75) is 91.6 Å². The zero-order chi connectivity index (χ0) is 40.2. The molecular formula is C36H44O18. The van der Waals surface area contributed by atoms with E-state index < -0.39 is 119 Å². The first-order valence-electron chi connectivity index (χ1n) is 16.9. The van der Waals surface area contributed by atoms with Gasteiger partial charge >= 0.3 is 29.8 Å². The second kappa shape index (κ2) is 17.3. The topological polar surface area (TPSA) is 246 Å². The fourth-order valence-electron chi connectivity index (χ4n) is 6.37. The lowest BCUT2D eigenvalue weighted by Gasteiger charge is -2.48. The Morgan fingerprint density at radius 1 is 0.685 bits per heavy atom. The molecule has 3 N–H and O–H groups in total. The molecule has 2 aromatic carbocycles. The number of phenols is 2. The van der Waals surface area contributed by atoms with Crippen molar-refractivity contribution in [2.75, 3.05) is 20.3 Å². The summed E-state index contributed by atoms with van der Waals surface area (Å²) in [4.78, 5) is 73.5. The Labute approximate surface area is 309 Å². The van der Waals surface area contributed by atoms with E-state index >= 15 is 0 Å². The third-order valence-corrected chi connectivity index (χ3v) is 9.29. The first kappa shape index (κ1) is 41.6. The van der Waals surface area contributed by atoms with Crippen molar-refractivity contribution in [1.82, 2.24) is 0 Å². The standard InChI is InChI=1S/C36H44O18/c1-14-15(2)32(49-19(6)39)36(52-25(14)12-47-17(4)37)54-31-16(3)33(50-20(7)40)35(53-26(31)13-48-18(5)38)51-24-11-21-9-22(34(45)46-8)10-23(41)28(42)27(21)30(44)29(24)43/h9-11,14-16,25-26,31-33,35-36,43-44H,12-13H2,1-8H3,(H,41,42)/t14-,15-,16-,25+,26+,31-,32+,33+,35+,36+/m0/s1. The van der Waals surface area contributed by atoms with Gasteiger partial charge in [0.1, 0.15) is 19.3 Å². The predicted molar refractivity (Wildman–Crippen MR) is 181 cm³/mol. The van der Waals surface area contributed by atoms with Crippen molar-refractivity contribution in [3.8, 4) is 23.0 Å². The maximum absolute atomic E-state index is 12.9. The molecule has 4 rings (SSSR count). The fourth-order valence-corrected chi connectivity index (χ4v) is 6.37. The van der Waals surface area contributed by atoms with Crippen molar-refractivity contribution in [3.05, 3.63) is 34.0 Å². The SMILES string of the molecule is COC(=O)c1cc(O)c(=O)c2c(O)c(O)c(O[C@@H]3O[C@H](COC(C)=O)[C@@H](O[C@H]4O[C@H](COC(C)=O)[C@@H](C)[C@H](C)[C@H]4OC(C)=O)[C@H](C)[C@H]3OC(C)=O)cc2c1. The van der Waals surface area contributed by atoms with Crippen LogP contribution >= 0.6 is 0 Å². The number of fused-ring (bicyclic) bond motifs is 1. The minimum Gasteiger partial charge on any atom is -0.504 e. The van der Waals surface area contributed by atoms with Crippen molar-refractivity contribution in [2.24, 2.45) is 17.8 Å². The third-order valence-electron chi connectivity index (χ3n) is 9.29. The van der Waals surface area contributed by atoms with E-state index in [1.807, 2.05) is 6.92 Å². The maximum Gasteiger partial charge on any atom is 0.338 e. The first-order chi connectivity index (χ1) is 25.3. The normalized spacial score (nSPS) is 28.0. The molecule has 0 radical (unpaired) electrons. The fraction of sp³-hybridized carbons (Fsp3) is 0.556. The lowest BCUT2D eigenvalue weighted by atomic mass is 9.83. The highest BCUT2D eigenvalue weighted by Gasteiger charge is 2.52. The van der Waals surface area contributed by atoms with Gasteiger partial charge in [-0.15, -0.1) is 0 Å². The monoisotopic (exact) mass is 764 g/mol. The summed E-state index contributed by atoms with van der Waals surface area (Å²) in [6, 6.07) is 3.01. The van der Waals surface area contributed by atoms with Gasteiger partial charge in [0.05, 0.1) is 30.3 Å². The van der Waals surface area contributed by atoms with E-state index in [-0.39, 0.29) is 29.4 Å². The Morgan fingerprint density at radius 2 is 1.24 bits per heavy atom. The second-order valence-electron chi connectivity index (χ2n) is 13.1. The van der Waals surface area contributed by atoms with Crippen LogP contribution in [0.4, 0.5) is 0 Å². The molecule has 18 heteroatoms. The quantitative estimate of drug-likeness (QED) is 0.169. The summed E-state index contributed by atoms with van der Waals surface area (Å²) in [6.07, 6.45) is -8.29. The van der Waals surface area contributed by atoms with E-state index in [2.05, 4.69) is 0 Å². The lowest BCUT2D eigenvalue weighted by molar-refractivity contribution is -0.336. The van der Waals surface area contributed by atoms with Crippen molar-refractivity contribution < 1.29 is 81.9 Å². The molecule has 2 aliphatic heterocycles. The van der Waals surface area contributed by atoms with Crippen LogP contribution in [-0.2, 0) is 57.1 Å². The van der Waals surface area contributed by atoms with E-state index in [0.717, 1.165) is 39.2 Å². The largest absolute Gasteiger partial charge is 0.504 e. The maximum atomic E-state index is 12.9. The smallest absolute Gasteiger partial charge is 0.338 e. The average molecular weight is 765 g/mol. The molecule has 2 aliphatic rings. The zero-order valence-electron chi connectivity index (χ0n) is 30.9. The number of carbonyl (C=O) groups excluding carboxylic acids is 5. The van der Waals surface area contributed by atoms with Crippen molar-refractivity contribution >= 4 is 40.6 Å². The van der Waals surface area contributed by atoms with Crippen molar-refractivity contribution in [3.63, 3.8) is 0 Å². The van der Waals surface area contributed by atoms with Crippen LogP contribution in [0.5, 0.6) is 23.0 Å². The van der Waals surface area contributed by atoms with Crippen LogP contribution in [-0.4, -0.2) is 109 Å². The predicted octanol–water partition coefficient (Wildman–Crippen LogP) is 2.22. The third kappa shape index (κ3) is 9.29. The van der Waals surface area contributed by atoms with Gasteiger partial charge in [0.15, 0.2) is 35.7 Å². The zero-order valence-corrected chi connectivity index (χ0v) is 30.9. The van der Waals surface area contributed by atoms with E-state index in [0.29, 0.717) is 0 Å². The minimum atomic E-state index is -1.61. The Morgan fingerprint density at radius 3 is 1.80 bits per heavy atom.